The Bertz CT molecular complexity index is 245. The van der Waals surface area contributed by atoms with E-state index in [9.17, 15) is 4.79 Å². The summed E-state index contributed by atoms with van der Waals surface area (Å²) in [6.07, 6.45) is 1.26. The third-order valence-corrected chi connectivity index (χ3v) is 2.12. The zero-order valence-corrected chi connectivity index (χ0v) is 7.30. The molecule has 0 aromatic carbocycles. The van der Waals surface area contributed by atoms with Crippen molar-refractivity contribution >= 4 is 23.4 Å². The second-order valence-electron chi connectivity index (χ2n) is 2.90. The number of rotatable bonds is 2. The van der Waals surface area contributed by atoms with Gasteiger partial charge in [0.25, 0.3) is 0 Å². The summed E-state index contributed by atoms with van der Waals surface area (Å²) in [7, 11) is 0. The van der Waals surface area contributed by atoms with Crippen molar-refractivity contribution in [1.29, 1.82) is 0 Å². The molecule has 1 atom stereocenters. The van der Waals surface area contributed by atoms with Crippen LogP contribution in [0.1, 0.15) is 19.3 Å². The summed E-state index contributed by atoms with van der Waals surface area (Å²) >= 11 is 4.64. The first kappa shape index (κ1) is 9.19. The first-order valence-corrected chi connectivity index (χ1v) is 4.20. The van der Waals surface area contributed by atoms with Crippen LogP contribution < -0.4 is 0 Å². The van der Waals surface area contributed by atoms with Gasteiger partial charge in [0.2, 0.25) is 5.78 Å². The van der Waals surface area contributed by atoms with Crippen LogP contribution in [0.25, 0.3) is 0 Å². The van der Waals surface area contributed by atoms with Crippen molar-refractivity contribution in [2.45, 2.75) is 19.3 Å². The molecular weight excluding hydrogens is 176 g/mol. The van der Waals surface area contributed by atoms with Crippen LogP contribution in [0.5, 0.6) is 0 Å². The van der Waals surface area contributed by atoms with Gasteiger partial charge in [-0.05, 0) is 17.7 Å². The summed E-state index contributed by atoms with van der Waals surface area (Å²) < 4.78 is 0. The van der Waals surface area contributed by atoms with E-state index in [1.165, 1.54) is 0 Å². The van der Waals surface area contributed by atoms with E-state index in [0.717, 1.165) is 0 Å². The van der Waals surface area contributed by atoms with E-state index in [2.05, 4.69) is 12.2 Å². The Morgan fingerprint density at radius 1 is 1.50 bits per heavy atom. The Morgan fingerprint density at radius 2 is 2.17 bits per heavy atom. The molecule has 1 aliphatic carbocycles. The van der Waals surface area contributed by atoms with Crippen molar-refractivity contribution < 1.29 is 15.0 Å². The molecule has 12 heavy (non-hydrogen) atoms. The number of aliphatic hydroxyl groups excluding tert-OH is 2. The topological polar surface area (TPSA) is 57.5 Å². The van der Waals surface area contributed by atoms with Crippen LogP contribution in [0.2, 0.25) is 0 Å². The monoisotopic (exact) mass is 186 g/mol. The Balaban J connectivity index is 2.71. The first-order chi connectivity index (χ1) is 5.65. The maximum atomic E-state index is 11.0. The SMILES string of the molecule is O=C1CC(CC=S)CC(O)=C1O. The normalized spacial score (nSPS) is 24.3. The lowest BCUT2D eigenvalue weighted by Gasteiger charge is -2.18. The molecule has 0 aliphatic heterocycles. The predicted octanol–water partition coefficient (Wildman–Crippen LogP) is 1.68. The largest absolute Gasteiger partial charge is 0.508 e. The fraction of sp³-hybridized carbons (Fsp3) is 0.500. The van der Waals surface area contributed by atoms with Crippen LogP contribution in [0.4, 0.5) is 0 Å². The third-order valence-electron chi connectivity index (χ3n) is 1.92. The molecule has 66 valence electrons. The summed E-state index contributed by atoms with van der Waals surface area (Å²) in [5.74, 6) is -1.00. The van der Waals surface area contributed by atoms with Crippen LogP contribution in [-0.2, 0) is 4.79 Å². The van der Waals surface area contributed by atoms with Crippen LogP contribution >= 0.6 is 12.2 Å². The van der Waals surface area contributed by atoms with E-state index >= 15 is 0 Å². The van der Waals surface area contributed by atoms with Gasteiger partial charge in [0.15, 0.2) is 5.76 Å². The third kappa shape index (κ3) is 1.82. The Morgan fingerprint density at radius 3 is 2.67 bits per heavy atom. The van der Waals surface area contributed by atoms with Gasteiger partial charge in [-0.1, -0.05) is 12.2 Å². The van der Waals surface area contributed by atoms with Gasteiger partial charge in [0.05, 0.1) is 0 Å². The standard InChI is InChI=1S/C8H10O3S/c9-6-3-5(1-2-12)4-7(10)8(6)11/h2,5,9,11H,1,3-4H2. The molecule has 1 rings (SSSR count). The molecule has 1 aliphatic rings. The maximum absolute atomic E-state index is 11.0. The first-order valence-electron chi connectivity index (χ1n) is 3.73. The maximum Gasteiger partial charge on any atom is 0.200 e. The number of hydrogen-bond donors (Lipinski definition) is 2. The molecule has 2 N–H and O–H groups in total. The highest BCUT2D eigenvalue weighted by Crippen LogP contribution is 2.25. The number of hydrogen-bond acceptors (Lipinski definition) is 4. The minimum Gasteiger partial charge on any atom is -0.508 e. The zero-order chi connectivity index (χ0) is 9.14. The number of allylic oxidation sites excluding steroid dienone is 2. The van der Waals surface area contributed by atoms with Gasteiger partial charge in [-0.2, -0.15) is 0 Å². The highest BCUT2D eigenvalue weighted by molar-refractivity contribution is 7.78. The van der Waals surface area contributed by atoms with Crippen LogP contribution in [0.3, 0.4) is 0 Å². The molecule has 0 aromatic heterocycles. The van der Waals surface area contributed by atoms with E-state index in [1.54, 1.807) is 5.37 Å². The average Bonchev–Trinajstić information content (AvgIpc) is 2.01. The minimum atomic E-state index is -0.476. The fourth-order valence-electron chi connectivity index (χ4n) is 1.26. The summed E-state index contributed by atoms with van der Waals surface area (Å²) in [4.78, 5) is 11.0. The van der Waals surface area contributed by atoms with Gasteiger partial charge in [-0.25, -0.2) is 0 Å². The van der Waals surface area contributed by atoms with Crippen LogP contribution in [-0.4, -0.2) is 21.4 Å². The highest BCUT2D eigenvalue weighted by atomic mass is 32.1. The zero-order valence-electron chi connectivity index (χ0n) is 6.49. The van der Waals surface area contributed by atoms with E-state index < -0.39 is 5.76 Å². The van der Waals surface area contributed by atoms with E-state index in [4.69, 9.17) is 10.2 Å². The van der Waals surface area contributed by atoms with E-state index in [-0.39, 0.29) is 23.9 Å². The van der Waals surface area contributed by atoms with Gasteiger partial charge in [-0.15, -0.1) is 0 Å². The minimum absolute atomic E-state index is 0.0610. The van der Waals surface area contributed by atoms with Gasteiger partial charge in [0, 0.05) is 12.8 Å². The van der Waals surface area contributed by atoms with E-state index in [1.807, 2.05) is 0 Å². The lowest BCUT2D eigenvalue weighted by atomic mass is 9.89. The number of carbonyl (C=O) groups excluding carboxylic acids is 1. The summed E-state index contributed by atoms with van der Waals surface area (Å²) in [6.45, 7) is 0. The Kier molecular flexibility index (Phi) is 2.81. The molecule has 0 heterocycles. The Labute approximate surface area is 75.7 Å². The van der Waals surface area contributed by atoms with Crippen molar-refractivity contribution in [3.8, 4) is 0 Å². The lowest BCUT2D eigenvalue weighted by molar-refractivity contribution is -0.120. The number of Topliss-reactive ketones (excluding diaryl/α,β-unsaturated/α-hetero) is 1. The van der Waals surface area contributed by atoms with E-state index in [0.29, 0.717) is 12.8 Å². The summed E-state index contributed by atoms with van der Waals surface area (Å²) in [6, 6.07) is 0. The van der Waals surface area contributed by atoms with Crippen LogP contribution in [0, 0.1) is 5.92 Å². The van der Waals surface area contributed by atoms with Crippen molar-refractivity contribution in [2.75, 3.05) is 0 Å². The molecule has 0 fully saturated rings. The van der Waals surface area contributed by atoms with Crippen molar-refractivity contribution in [3.05, 3.63) is 11.5 Å². The fourth-order valence-corrected chi connectivity index (χ4v) is 1.54. The second kappa shape index (κ2) is 3.67. The van der Waals surface area contributed by atoms with Gasteiger partial charge in [0.1, 0.15) is 5.76 Å². The number of carbonyl (C=O) groups is 1. The molecule has 3 nitrogen and oxygen atoms in total. The van der Waals surface area contributed by atoms with Gasteiger partial charge in [-0.3, -0.25) is 4.79 Å². The number of aliphatic hydroxyl groups is 2. The molecule has 0 aromatic rings. The average molecular weight is 186 g/mol. The molecule has 0 radical (unpaired) electrons. The summed E-state index contributed by atoms with van der Waals surface area (Å²) in [5.41, 5.74) is 0. The molecular formula is C8H10O3S. The quantitative estimate of drug-likeness (QED) is 0.644. The van der Waals surface area contributed by atoms with Crippen LogP contribution in [0.15, 0.2) is 11.5 Å². The van der Waals surface area contributed by atoms with Crippen molar-refractivity contribution in [2.24, 2.45) is 5.92 Å². The predicted molar refractivity (Wildman–Crippen MR) is 48.3 cm³/mol. The molecule has 1 unspecified atom stereocenters. The molecule has 0 saturated carbocycles. The number of thiocarbonyl (C=S) groups is 1. The van der Waals surface area contributed by atoms with Gasteiger partial charge < -0.3 is 10.2 Å². The number of ketones is 1. The molecule has 4 heteroatoms. The highest BCUT2D eigenvalue weighted by Gasteiger charge is 2.26. The smallest absolute Gasteiger partial charge is 0.200 e. The van der Waals surface area contributed by atoms with Crippen molar-refractivity contribution in [3.63, 3.8) is 0 Å². The van der Waals surface area contributed by atoms with Gasteiger partial charge >= 0.3 is 0 Å². The molecule has 0 saturated heterocycles. The summed E-state index contributed by atoms with van der Waals surface area (Å²) in [5, 5.41) is 19.6. The Hall–Kier alpha value is -0.900. The lowest BCUT2D eigenvalue weighted by Crippen LogP contribution is -2.19. The second-order valence-corrected chi connectivity index (χ2v) is 3.23. The molecule has 0 amide bonds. The molecule has 0 spiro atoms. The van der Waals surface area contributed by atoms with Crippen molar-refractivity contribution in [1.82, 2.24) is 0 Å². The molecule has 0 bridgehead atoms.